The molecule has 0 heterocycles. The van der Waals surface area contributed by atoms with Gasteiger partial charge in [0.15, 0.2) is 5.78 Å². The molecular weight excluding hydrogens is 248 g/mol. The maximum atomic E-state index is 11.6. The molecule has 0 unspecified atom stereocenters. The van der Waals surface area contributed by atoms with Crippen LogP contribution in [0.1, 0.15) is 38.0 Å². The van der Waals surface area contributed by atoms with E-state index >= 15 is 0 Å². The summed E-state index contributed by atoms with van der Waals surface area (Å²) in [6.07, 6.45) is 0. The summed E-state index contributed by atoms with van der Waals surface area (Å²) in [6, 6.07) is 7.49. The SMILES string of the molecule is CC(=O)c1cc(C(=O)O)c(C(=O)O)c2ccccc12. The zero-order chi connectivity index (χ0) is 14.2. The number of hydrogen-bond acceptors (Lipinski definition) is 3. The Morgan fingerprint density at radius 2 is 1.47 bits per heavy atom. The average molecular weight is 258 g/mol. The Bertz CT molecular complexity index is 715. The van der Waals surface area contributed by atoms with Crippen molar-refractivity contribution in [2.45, 2.75) is 6.92 Å². The molecule has 19 heavy (non-hydrogen) atoms. The second-order valence-electron chi connectivity index (χ2n) is 4.06. The largest absolute Gasteiger partial charge is 0.478 e. The van der Waals surface area contributed by atoms with E-state index in [-0.39, 0.29) is 27.9 Å². The number of ketones is 1. The smallest absolute Gasteiger partial charge is 0.337 e. The zero-order valence-electron chi connectivity index (χ0n) is 10.0. The third kappa shape index (κ3) is 2.06. The van der Waals surface area contributed by atoms with Crippen LogP contribution in [0.4, 0.5) is 0 Å². The van der Waals surface area contributed by atoms with Crippen molar-refractivity contribution in [1.82, 2.24) is 0 Å². The van der Waals surface area contributed by atoms with E-state index in [0.29, 0.717) is 5.39 Å². The summed E-state index contributed by atoms with van der Waals surface area (Å²) in [5.41, 5.74) is -0.470. The number of aromatic carboxylic acids is 2. The van der Waals surface area contributed by atoms with Gasteiger partial charge in [0.05, 0.1) is 11.1 Å². The van der Waals surface area contributed by atoms with Gasteiger partial charge in [0.2, 0.25) is 0 Å². The minimum Gasteiger partial charge on any atom is -0.478 e. The average Bonchev–Trinajstić information content (AvgIpc) is 2.35. The molecule has 2 aromatic rings. The first kappa shape index (κ1) is 12.8. The molecule has 5 nitrogen and oxygen atoms in total. The fraction of sp³-hybridized carbons (Fsp3) is 0.0714. The molecule has 2 N–H and O–H groups in total. The molecule has 0 radical (unpaired) electrons. The van der Waals surface area contributed by atoms with E-state index in [9.17, 15) is 19.5 Å². The van der Waals surface area contributed by atoms with Crippen LogP contribution in [-0.2, 0) is 0 Å². The van der Waals surface area contributed by atoms with Gasteiger partial charge in [0.25, 0.3) is 0 Å². The molecule has 0 saturated carbocycles. The Labute approximate surface area is 108 Å². The van der Waals surface area contributed by atoms with E-state index in [4.69, 9.17) is 5.11 Å². The predicted octanol–water partition coefficient (Wildman–Crippen LogP) is 2.44. The number of fused-ring (bicyclic) bond motifs is 1. The van der Waals surface area contributed by atoms with Gasteiger partial charge in [-0.15, -0.1) is 0 Å². The molecule has 5 heteroatoms. The fourth-order valence-corrected chi connectivity index (χ4v) is 2.07. The molecule has 0 atom stereocenters. The van der Waals surface area contributed by atoms with Crippen LogP contribution < -0.4 is 0 Å². The molecule has 2 rings (SSSR count). The van der Waals surface area contributed by atoms with Crippen LogP contribution >= 0.6 is 0 Å². The zero-order valence-corrected chi connectivity index (χ0v) is 10.0. The molecule has 0 fully saturated rings. The maximum absolute atomic E-state index is 11.6. The van der Waals surface area contributed by atoms with Crippen LogP contribution in [0.5, 0.6) is 0 Å². The number of Topliss-reactive ketones (excluding diaryl/α,β-unsaturated/α-hetero) is 1. The lowest BCUT2D eigenvalue weighted by Gasteiger charge is -2.10. The lowest BCUT2D eigenvalue weighted by atomic mass is 9.93. The number of carboxylic acids is 2. The highest BCUT2D eigenvalue weighted by molar-refractivity contribution is 6.17. The number of carbonyl (C=O) groups is 3. The summed E-state index contributed by atoms with van der Waals surface area (Å²) in [7, 11) is 0. The summed E-state index contributed by atoms with van der Waals surface area (Å²) in [5.74, 6) is -3.01. The maximum Gasteiger partial charge on any atom is 0.337 e. The summed E-state index contributed by atoms with van der Waals surface area (Å²) >= 11 is 0. The number of carbonyl (C=O) groups excluding carboxylic acids is 1. The van der Waals surface area contributed by atoms with Crippen LogP contribution in [0.3, 0.4) is 0 Å². The van der Waals surface area contributed by atoms with Crippen molar-refractivity contribution >= 4 is 28.5 Å². The molecule has 0 spiro atoms. The Balaban J connectivity index is 3.03. The van der Waals surface area contributed by atoms with Gasteiger partial charge in [-0.2, -0.15) is 0 Å². The van der Waals surface area contributed by atoms with E-state index in [0.717, 1.165) is 6.07 Å². The molecule has 0 aliphatic carbocycles. The lowest BCUT2D eigenvalue weighted by molar-refractivity contribution is 0.0653. The van der Waals surface area contributed by atoms with E-state index in [1.54, 1.807) is 18.2 Å². The second kappa shape index (κ2) is 4.53. The molecular formula is C14H10O5. The number of benzene rings is 2. The quantitative estimate of drug-likeness (QED) is 0.825. The highest BCUT2D eigenvalue weighted by atomic mass is 16.4. The first-order valence-electron chi connectivity index (χ1n) is 5.46. The molecule has 2 aromatic carbocycles. The molecule has 0 bridgehead atoms. The summed E-state index contributed by atoms with van der Waals surface area (Å²) < 4.78 is 0. The third-order valence-corrected chi connectivity index (χ3v) is 2.87. The van der Waals surface area contributed by atoms with Crippen molar-refractivity contribution < 1.29 is 24.6 Å². The van der Waals surface area contributed by atoms with Gasteiger partial charge in [-0.25, -0.2) is 9.59 Å². The number of carboxylic acid groups (broad SMARTS) is 2. The highest BCUT2D eigenvalue weighted by Gasteiger charge is 2.22. The standard InChI is InChI=1S/C14H10O5/c1-7(15)10-6-11(13(16)17)12(14(18)19)9-5-3-2-4-8(9)10/h2-6H,1H3,(H,16,17)(H,18,19). The summed E-state index contributed by atoms with van der Waals surface area (Å²) in [6.45, 7) is 1.31. The van der Waals surface area contributed by atoms with Crippen molar-refractivity contribution in [3.8, 4) is 0 Å². The third-order valence-electron chi connectivity index (χ3n) is 2.87. The monoisotopic (exact) mass is 258 g/mol. The molecule has 0 saturated heterocycles. The van der Waals surface area contributed by atoms with Crippen LogP contribution in [0.25, 0.3) is 10.8 Å². The molecule has 0 aliphatic heterocycles. The van der Waals surface area contributed by atoms with Crippen molar-refractivity contribution in [3.05, 3.63) is 47.0 Å². The van der Waals surface area contributed by atoms with Crippen LogP contribution in [0.15, 0.2) is 30.3 Å². The van der Waals surface area contributed by atoms with E-state index < -0.39 is 11.9 Å². The van der Waals surface area contributed by atoms with Crippen LogP contribution in [0, 0.1) is 0 Å². The first-order valence-corrected chi connectivity index (χ1v) is 5.46. The fourth-order valence-electron chi connectivity index (χ4n) is 2.07. The minimum absolute atomic E-state index is 0.206. The van der Waals surface area contributed by atoms with Gasteiger partial charge in [-0.05, 0) is 23.8 Å². The topological polar surface area (TPSA) is 91.7 Å². The predicted molar refractivity (Wildman–Crippen MR) is 67.9 cm³/mol. The Hall–Kier alpha value is -2.69. The Morgan fingerprint density at radius 1 is 0.895 bits per heavy atom. The van der Waals surface area contributed by atoms with E-state index in [1.165, 1.54) is 13.0 Å². The van der Waals surface area contributed by atoms with Gasteiger partial charge in [0, 0.05) is 5.56 Å². The van der Waals surface area contributed by atoms with Crippen molar-refractivity contribution in [2.24, 2.45) is 0 Å². The summed E-state index contributed by atoms with van der Waals surface area (Å²) in [5, 5.41) is 19.0. The van der Waals surface area contributed by atoms with Gasteiger partial charge in [-0.3, -0.25) is 4.79 Å². The van der Waals surface area contributed by atoms with Crippen molar-refractivity contribution in [1.29, 1.82) is 0 Å². The lowest BCUT2D eigenvalue weighted by Crippen LogP contribution is -2.11. The van der Waals surface area contributed by atoms with Gasteiger partial charge >= 0.3 is 11.9 Å². The summed E-state index contributed by atoms with van der Waals surface area (Å²) in [4.78, 5) is 34.0. The number of hydrogen-bond donors (Lipinski definition) is 2. The van der Waals surface area contributed by atoms with Crippen molar-refractivity contribution in [2.75, 3.05) is 0 Å². The van der Waals surface area contributed by atoms with Crippen molar-refractivity contribution in [3.63, 3.8) is 0 Å². The molecule has 0 aromatic heterocycles. The molecule has 0 amide bonds. The van der Waals surface area contributed by atoms with E-state index in [2.05, 4.69) is 0 Å². The molecule has 96 valence electrons. The highest BCUT2D eigenvalue weighted by Crippen LogP contribution is 2.27. The Kier molecular flexibility index (Phi) is 3.04. The van der Waals surface area contributed by atoms with Gasteiger partial charge < -0.3 is 10.2 Å². The molecule has 0 aliphatic rings. The van der Waals surface area contributed by atoms with Crippen LogP contribution in [0.2, 0.25) is 0 Å². The number of rotatable bonds is 3. The first-order chi connectivity index (χ1) is 8.93. The normalized spacial score (nSPS) is 10.4. The second-order valence-corrected chi connectivity index (χ2v) is 4.06. The van der Waals surface area contributed by atoms with Crippen LogP contribution in [-0.4, -0.2) is 27.9 Å². The minimum atomic E-state index is -1.37. The van der Waals surface area contributed by atoms with Gasteiger partial charge in [0.1, 0.15) is 0 Å². The van der Waals surface area contributed by atoms with E-state index in [1.807, 2.05) is 0 Å². The van der Waals surface area contributed by atoms with Gasteiger partial charge in [-0.1, -0.05) is 24.3 Å². The Morgan fingerprint density at radius 3 is 1.95 bits per heavy atom.